The molecule has 10 nitrogen and oxygen atoms in total. The maximum atomic E-state index is 15.1. The number of fused-ring (bicyclic) bond motifs is 1. The number of aromatic nitrogens is 4. The second-order valence-electron chi connectivity index (χ2n) is 8.17. The van der Waals surface area contributed by atoms with Gasteiger partial charge >= 0.3 is 5.97 Å². The van der Waals surface area contributed by atoms with Gasteiger partial charge in [0.25, 0.3) is 0 Å². The number of methoxy groups -OCH3 is 3. The third kappa shape index (κ3) is 4.53. The number of hydrogen-bond acceptors (Lipinski definition) is 7. The second kappa shape index (κ2) is 10.2. The lowest BCUT2D eigenvalue weighted by Gasteiger charge is -2.25. The number of aromatic amines is 1. The number of H-pyrrole nitrogens is 1. The third-order valence-electron chi connectivity index (χ3n) is 6.15. The number of amides is 1. The molecular weight excluding hydrogens is 476 g/mol. The number of esters is 1. The van der Waals surface area contributed by atoms with E-state index in [1.165, 1.54) is 33.6 Å². The summed E-state index contributed by atoms with van der Waals surface area (Å²) in [6.07, 6.45) is 4.77. The fourth-order valence-corrected chi connectivity index (χ4v) is 4.41. The van der Waals surface area contributed by atoms with Gasteiger partial charge in [0.05, 0.1) is 33.2 Å². The van der Waals surface area contributed by atoms with Gasteiger partial charge in [-0.3, -0.25) is 14.6 Å². The van der Waals surface area contributed by atoms with E-state index in [-0.39, 0.29) is 17.1 Å². The number of rotatable bonds is 7. The molecule has 0 aliphatic heterocycles. The molecule has 0 saturated carbocycles. The zero-order chi connectivity index (χ0) is 26.0. The fraction of sp³-hybridized carbons (Fsp3) is 0.333. The molecule has 1 amide bonds. The van der Waals surface area contributed by atoms with E-state index in [1.54, 1.807) is 11.7 Å². The van der Waals surface area contributed by atoms with Gasteiger partial charge in [-0.05, 0) is 25.2 Å². The topological polar surface area (TPSA) is 120 Å². The van der Waals surface area contributed by atoms with Gasteiger partial charge in [0, 0.05) is 42.1 Å². The largest absolute Gasteiger partial charge is 0.494 e. The van der Waals surface area contributed by atoms with Crippen LogP contribution >= 0.6 is 0 Å². The number of carbonyl (C=O) groups excluding carboxylic acids is 2. The molecule has 0 saturated heterocycles. The quantitative estimate of drug-likeness (QED) is 0.377. The molecule has 190 valence electrons. The average Bonchev–Trinajstić information content (AvgIpc) is 3.44. The van der Waals surface area contributed by atoms with Gasteiger partial charge in [-0.15, -0.1) is 0 Å². The fourth-order valence-electron chi connectivity index (χ4n) is 4.41. The van der Waals surface area contributed by atoms with Gasteiger partial charge in [0.1, 0.15) is 11.4 Å². The Kier molecular flexibility index (Phi) is 7.04. The monoisotopic (exact) mass is 501 g/mol. The number of carbonyl (C=O) groups is 2. The number of benzene rings is 1. The van der Waals surface area contributed by atoms with Crippen LogP contribution in [-0.4, -0.2) is 53.2 Å². The van der Waals surface area contributed by atoms with Crippen LogP contribution in [0.2, 0.25) is 0 Å². The summed E-state index contributed by atoms with van der Waals surface area (Å²) in [5.41, 5.74) is 3.02. The highest BCUT2D eigenvalue weighted by Crippen LogP contribution is 2.42. The predicted octanol–water partition coefficient (Wildman–Crippen LogP) is 3.05. The van der Waals surface area contributed by atoms with Crippen LogP contribution in [0.4, 0.5) is 14.5 Å². The first-order valence-electron chi connectivity index (χ1n) is 11.0. The Labute approximate surface area is 205 Å². The van der Waals surface area contributed by atoms with E-state index in [1.807, 2.05) is 0 Å². The van der Waals surface area contributed by atoms with Gasteiger partial charge in [-0.2, -0.15) is 10.2 Å². The number of aryl methyl sites for hydroxylation is 1. The van der Waals surface area contributed by atoms with Crippen LogP contribution in [0.25, 0.3) is 11.4 Å². The third-order valence-corrected chi connectivity index (χ3v) is 6.15. The summed E-state index contributed by atoms with van der Waals surface area (Å²) in [4.78, 5) is 23.5. The van der Waals surface area contributed by atoms with E-state index < -0.39 is 29.4 Å². The van der Waals surface area contributed by atoms with Gasteiger partial charge in [-0.1, -0.05) is 0 Å². The van der Waals surface area contributed by atoms with E-state index in [9.17, 15) is 9.59 Å². The van der Waals surface area contributed by atoms with Crippen LogP contribution in [-0.2, 0) is 34.2 Å². The van der Waals surface area contributed by atoms with Crippen LogP contribution in [0.15, 0.2) is 24.4 Å². The van der Waals surface area contributed by atoms with E-state index >= 15 is 8.78 Å². The van der Waals surface area contributed by atoms with E-state index in [0.29, 0.717) is 36.3 Å². The summed E-state index contributed by atoms with van der Waals surface area (Å²) in [7, 11) is 5.54. The van der Waals surface area contributed by atoms with Crippen molar-refractivity contribution in [2.24, 2.45) is 7.05 Å². The van der Waals surface area contributed by atoms with Crippen LogP contribution in [0.5, 0.6) is 11.5 Å². The van der Waals surface area contributed by atoms with Crippen molar-refractivity contribution < 1.29 is 32.6 Å². The molecular formula is C24H25F2N5O5. The van der Waals surface area contributed by atoms with Crippen molar-refractivity contribution in [2.75, 3.05) is 26.6 Å². The minimum atomic E-state index is -0.749. The van der Waals surface area contributed by atoms with Gasteiger partial charge < -0.3 is 19.5 Å². The lowest BCUT2D eigenvalue weighted by atomic mass is 9.81. The molecule has 2 heterocycles. The normalized spacial score (nSPS) is 15.0. The van der Waals surface area contributed by atoms with Crippen LogP contribution in [0, 0.1) is 11.6 Å². The molecule has 2 aromatic heterocycles. The first kappa shape index (κ1) is 24.9. The molecule has 0 spiro atoms. The van der Waals surface area contributed by atoms with Crippen LogP contribution < -0.4 is 14.8 Å². The van der Waals surface area contributed by atoms with Crippen molar-refractivity contribution in [3.05, 3.63) is 52.9 Å². The molecule has 3 aromatic rings. The molecule has 0 fully saturated rings. The van der Waals surface area contributed by atoms with Crippen molar-refractivity contribution in [3.63, 3.8) is 0 Å². The summed E-state index contributed by atoms with van der Waals surface area (Å²) >= 11 is 0. The average molecular weight is 501 g/mol. The maximum absolute atomic E-state index is 15.1. The number of ether oxygens (including phenoxy) is 3. The Morgan fingerprint density at radius 2 is 1.86 bits per heavy atom. The SMILES string of the molecule is COC(=O)/C=C/C(=O)Nc1cnn(C)c1-c1n[nH]c2c1CC[C@H](c1c(F)c(OC)cc(OC)c1F)C2. The molecule has 4 rings (SSSR count). The Bertz CT molecular complexity index is 1320. The van der Waals surface area contributed by atoms with Crippen molar-refractivity contribution >= 4 is 17.6 Å². The van der Waals surface area contributed by atoms with E-state index in [0.717, 1.165) is 23.4 Å². The standard InChI is InChI=1S/C24H25F2N5O5/c1-31-24(15(11-27-31)28-18(32)7-8-19(33)36-4)23-13-6-5-12(9-14(13)29-30-23)20-21(25)16(34-2)10-17(35-3)22(20)26/h7-8,10-12H,5-6,9H2,1-4H3,(H,28,32)(H,29,30)/b8-7+/t12-/m0/s1. The smallest absolute Gasteiger partial charge is 0.330 e. The Morgan fingerprint density at radius 3 is 2.50 bits per heavy atom. The molecule has 1 aliphatic carbocycles. The van der Waals surface area contributed by atoms with Crippen LogP contribution in [0.1, 0.15) is 29.2 Å². The highest BCUT2D eigenvalue weighted by atomic mass is 19.1. The minimum Gasteiger partial charge on any atom is -0.494 e. The highest BCUT2D eigenvalue weighted by Gasteiger charge is 2.32. The number of hydrogen-bond donors (Lipinski definition) is 2. The minimum absolute atomic E-state index is 0.0844. The zero-order valence-corrected chi connectivity index (χ0v) is 20.1. The number of anilines is 1. The zero-order valence-electron chi connectivity index (χ0n) is 20.1. The second-order valence-corrected chi connectivity index (χ2v) is 8.17. The summed E-state index contributed by atoms with van der Waals surface area (Å²) < 4.78 is 46.3. The summed E-state index contributed by atoms with van der Waals surface area (Å²) in [5.74, 6) is -3.34. The summed E-state index contributed by atoms with van der Waals surface area (Å²) in [5, 5.41) is 14.3. The van der Waals surface area contributed by atoms with Gasteiger partial charge in [-0.25, -0.2) is 13.6 Å². The molecule has 0 radical (unpaired) electrons. The Hall–Kier alpha value is -4.22. The molecule has 36 heavy (non-hydrogen) atoms. The van der Waals surface area contributed by atoms with E-state index in [2.05, 4.69) is 25.3 Å². The maximum Gasteiger partial charge on any atom is 0.330 e. The van der Waals surface area contributed by atoms with Crippen LogP contribution in [0.3, 0.4) is 0 Å². The van der Waals surface area contributed by atoms with Crippen molar-refractivity contribution in [1.82, 2.24) is 20.0 Å². The van der Waals surface area contributed by atoms with Crippen molar-refractivity contribution in [1.29, 1.82) is 0 Å². The highest BCUT2D eigenvalue weighted by molar-refractivity contribution is 6.04. The first-order chi connectivity index (χ1) is 17.3. The molecule has 12 heteroatoms. The summed E-state index contributed by atoms with van der Waals surface area (Å²) in [6.45, 7) is 0. The lowest BCUT2D eigenvalue weighted by Crippen LogP contribution is -2.16. The summed E-state index contributed by atoms with van der Waals surface area (Å²) in [6, 6.07) is 1.19. The first-order valence-corrected chi connectivity index (χ1v) is 11.0. The van der Waals surface area contributed by atoms with Gasteiger partial charge in [0.2, 0.25) is 5.91 Å². The van der Waals surface area contributed by atoms with Crippen molar-refractivity contribution in [2.45, 2.75) is 25.2 Å². The molecule has 0 unspecified atom stereocenters. The molecule has 1 atom stereocenters. The lowest BCUT2D eigenvalue weighted by molar-refractivity contribution is -0.135. The number of nitrogens with one attached hydrogen (secondary N) is 2. The number of nitrogens with zero attached hydrogens (tertiary/aromatic N) is 3. The predicted molar refractivity (Wildman–Crippen MR) is 125 cm³/mol. The van der Waals surface area contributed by atoms with E-state index in [4.69, 9.17) is 9.47 Å². The molecule has 1 aliphatic rings. The Balaban J connectivity index is 1.63. The number of halogens is 2. The Morgan fingerprint density at radius 1 is 1.17 bits per heavy atom. The molecule has 0 bridgehead atoms. The molecule has 1 aromatic carbocycles. The molecule has 2 N–H and O–H groups in total. The van der Waals surface area contributed by atoms with Gasteiger partial charge in [0.15, 0.2) is 23.1 Å². The van der Waals surface area contributed by atoms with Crippen molar-refractivity contribution in [3.8, 4) is 22.9 Å².